The van der Waals surface area contributed by atoms with E-state index in [2.05, 4.69) is 10.6 Å². The van der Waals surface area contributed by atoms with Gasteiger partial charge in [-0.25, -0.2) is 4.79 Å². The molecule has 1 aromatic carbocycles. The molecule has 2 atom stereocenters. The Hall–Kier alpha value is -1.76. The number of amides is 2. The van der Waals surface area contributed by atoms with Crippen molar-refractivity contribution < 1.29 is 22.7 Å². The van der Waals surface area contributed by atoms with Gasteiger partial charge in [0.1, 0.15) is 0 Å². The number of anilines is 1. The standard InChI is InChI=1S/C13H13F3N2O2/c14-13(15,16)8-1-2-9-10(5-8)17-12(19)18-11(9)7-3-4-20-6-7/h1-2,5,7,11H,3-4,6H2,(H2,17,18,19). The topological polar surface area (TPSA) is 50.4 Å². The third-order valence-corrected chi connectivity index (χ3v) is 3.69. The summed E-state index contributed by atoms with van der Waals surface area (Å²) in [6, 6.07) is 2.67. The Morgan fingerprint density at radius 1 is 1.30 bits per heavy atom. The smallest absolute Gasteiger partial charge is 0.381 e. The summed E-state index contributed by atoms with van der Waals surface area (Å²) < 4.78 is 43.4. The summed E-state index contributed by atoms with van der Waals surface area (Å²) in [7, 11) is 0. The van der Waals surface area contributed by atoms with Crippen molar-refractivity contribution in [3.8, 4) is 0 Å². The fourth-order valence-corrected chi connectivity index (χ4v) is 2.68. The van der Waals surface area contributed by atoms with Crippen LogP contribution in [-0.4, -0.2) is 19.2 Å². The lowest BCUT2D eigenvalue weighted by Crippen LogP contribution is -2.41. The largest absolute Gasteiger partial charge is 0.416 e. The van der Waals surface area contributed by atoms with Gasteiger partial charge in [-0.05, 0) is 24.1 Å². The summed E-state index contributed by atoms with van der Waals surface area (Å²) in [5.74, 6) is 0.0940. The highest BCUT2D eigenvalue weighted by Gasteiger charge is 2.36. The number of carbonyl (C=O) groups is 1. The van der Waals surface area contributed by atoms with Crippen LogP contribution in [-0.2, 0) is 10.9 Å². The Morgan fingerprint density at radius 3 is 2.75 bits per heavy atom. The lowest BCUT2D eigenvalue weighted by Gasteiger charge is -2.31. The van der Waals surface area contributed by atoms with Gasteiger partial charge in [-0.2, -0.15) is 13.2 Å². The van der Waals surface area contributed by atoms with Crippen LogP contribution in [0.4, 0.5) is 23.7 Å². The van der Waals surface area contributed by atoms with Gasteiger partial charge < -0.3 is 15.4 Å². The molecular formula is C13H13F3N2O2. The lowest BCUT2D eigenvalue weighted by molar-refractivity contribution is -0.137. The van der Waals surface area contributed by atoms with Crippen LogP contribution in [0.5, 0.6) is 0 Å². The van der Waals surface area contributed by atoms with E-state index in [1.807, 2.05) is 0 Å². The second-order valence-corrected chi connectivity index (χ2v) is 5.00. The van der Waals surface area contributed by atoms with Crippen LogP contribution in [0.1, 0.15) is 23.6 Å². The summed E-state index contributed by atoms with van der Waals surface area (Å²) in [6.07, 6.45) is -3.64. The van der Waals surface area contributed by atoms with E-state index in [9.17, 15) is 18.0 Å². The number of rotatable bonds is 1. The van der Waals surface area contributed by atoms with Crippen molar-refractivity contribution in [1.82, 2.24) is 5.32 Å². The molecule has 2 unspecified atom stereocenters. The molecule has 2 amide bonds. The Bertz CT molecular complexity index is 539. The Balaban J connectivity index is 1.98. The number of halogens is 3. The first-order chi connectivity index (χ1) is 9.45. The van der Waals surface area contributed by atoms with Gasteiger partial charge in [-0.3, -0.25) is 0 Å². The zero-order valence-electron chi connectivity index (χ0n) is 10.5. The molecule has 1 saturated heterocycles. The van der Waals surface area contributed by atoms with E-state index in [-0.39, 0.29) is 17.6 Å². The van der Waals surface area contributed by atoms with Crippen molar-refractivity contribution in [2.45, 2.75) is 18.6 Å². The summed E-state index contributed by atoms with van der Waals surface area (Å²) >= 11 is 0. The molecule has 0 bridgehead atoms. The number of hydrogen-bond acceptors (Lipinski definition) is 2. The molecule has 20 heavy (non-hydrogen) atoms. The molecule has 108 valence electrons. The van der Waals surface area contributed by atoms with E-state index < -0.39 is 17.8 Å². The third-order valence-electron chi connectivity index (χ3n) is 3.69. The first-order valence-electron chi connectivity index (χ1n) is 6.31. The number of hydrogen-bond donors (Lipinski definition) is 2. The van der Waals surface area contributed by atoms with Crippen LogP contribution in [0.25, 0.3) is 0 Å². The Kier molecular flexibility index (Phi) is 3.08. The monoisotopic (exact) mass is 286 g/mol. The maximum absolute atomic E-state index is 12.7. The number of fused-ring (bicyclic) bond motifs is 1. The maximum Gasteiger partial charge on any atom is 0.416 e. The van der Waals surface area contributed by atoms with E-state index in [1.165, 1.54) is 6.07 Å². The highest BCUT2D eigenvalue weighted by molar-refractivity contribution is 5.93. The van der Waals surface area contributed by atoms with E-state index in [4.69, 9.17) is 4.74 Å². The minimum Gasteiger partial charge on any atom is -0.381 e. The number of benzene rings is 1. The third kappa shape index (κ3) is 2.33. The molecule has 3 rings (SSSR count). The lowest BCUT2D eigenvalue weighted by atomic mass is 9.89. The molecule has 2 N–H and O–H groups in total. The Morgan fingerprint density at radius 2 is 2.10 bits per heavy atom. The quantitative estimate of drug-likeness (QED) is 0.834. The van der Waals surface area contributed by atoms with Crippen LogP contribution in [0.3, 0.4) is 0 Å². The highest BCUT2D eigenvalue weighted by Crippen LogP contribution is 2.39. The van der Waals surface area contributed by atoms with E-state index in [0.29, 0.717) is 18.8 Å². The molecule has 2 heterocycles. The van der Waals surface area contributed by atoms with Crippen LogP contribution < -0.4 is 10.6 Å². The van der Waals surface area contributed by atoms with Crippen LogP contribution >= 0.6 is 0 Å². The average molecular weight is 286 g/mol. The summed E-state index contributed by atoms with van der Waals surface area (Å²) in [5, 5.41) is 5.20. The first kappa shape index (κ1) is 13.2. The van der Waals surface area contributed by atoms with Gasteiger partial charge in [-0.1, -0.05) is 6.07 Å². The second kappa shape index (κ2) is 4.66. The summed E-state index contributed by atoms with van der Waals surface area (Å²) in [5.41, 5.74) is 0.133. The minimum absolute atomic E-state index is 0.0940. The van der Waals surface area contributed by atoms with Crippen molar-refractivity contribution in [2.24, 2.45) is 5.92 Å². The van der Waals surface area contributed by atoms with Crippen molar-refractivity contribution >= 4 is 11.7 Å². The molecule has 2 aliphatic heterocycles. The van der Waals surface area contributed by atoms with Crippen LogP contribution in [0.15, 0.2) is 18.2 Å². The van der Waals surface area contributed by atoms with Crippen molar-refractivity contribution in [1.29, 1.82) is 0 Å². The molecule has 0 aromatic heterocycles. The van der Waals surface area contributed by atoms with Crippen LogP contribution in [0, 0.1) is 5.92 Å². The maximum atomic E-state index is 12.7. The zero-order valence-corrected chi connectivity index (χ0v) is 10.5. The minimum atomic E-state index is -4.42. The normalized spacial score (nSPS) is 25.9. The highest BCUT2D eigenvalue weighted by atomic mass is 19.4. The zero-order chi connectivity index (χ0) is 14.3. The predicted octanol–water partition coefficient (Wildman–Crippen LogP) is 2.92. The van der Waals surface area contributed by atoms with E-state index in [1.54, 1.807) is 0 Å². The number of ether oxygens (including phenoxy) is 1. The molecule has 0 radical (unpaired) electrons. The number of carbonyl (C=O) groups excluding carboxylic acids is 1. The number of urea groups is 1. The molecule has 0 spiro atoms. The summed E-state index contributed by atoms with van der Waals surface area (Å²) in [4.78, 5) is 11.6. The first-order valence-corrected chi connectivity index (χ1v) is 6.31. The molecule has 2 aliphatic rings. The van der Waals surface area contributed by atoms with Gasteiger partial charge in [0.2, 0.25) is 0 Å². The number of alkyl halides is 3. The molecule has 7 heteroatoms. The SMILES string of the molecule is O=C1Nc2cc(C(F)(F)F)ccc2C(C2CCOC2)N1. The van der Waals surface area contributed by atoms with Gasteiger partial charge >= 0.3 is 12.2 Å². The van der Waals surface area contributed by atoms with Crippen LogP contribution in [0.2, 0.25) is 0 Å². The van der Waals surface area contributed by atoms with Gasteiger partial charge in [0.15, 0.2) is 0 Å². The van der Waals surface area contributed by atoms with E-state index in [0.717, 1.165) is 18.6 Å². The van der Waals surface area contributed by atoms with E-state index >= 15 is 0 Å². The van der Waals surface area contributed by atoms with Gasteiger partial charge in [0, 0.05) is 18.2 Å². The molecule has 1 fully saturated rings. The average Bonchev–Trinajstić information content (AvgIpc) is 2.89. The number of nitrogens with one attached hydrogen (secondary N) is 2. The van der Waals surface area contributed by atoms with Crippen molar-refractivity contribution in [3.05, 3.63) is 29.3 Å². The molecular weight excluding hydrogens is 273 g/mol. The molecule has 0 aliphatic carbocycles. The fourth-order valence-electron chi connectivity index (χ4n) is 2.68. The predicted molar refractivity (Wildman–Crippen MR) is 65.3 cm³/mol. The molecule has 4 nitrogen and oxygen atoms in total. The fraction of sp³-hybridized carbons (Fsp3) is 0.462. The van der Waals surface area contributed by atoms with Gasteiger partial charge in [0.25, 0.3) is 0 Å². The van der Waals surface area contributed by atoms with Crippen molar-refractivity contribution in [3.63, 3.8) is 0 Å². The van der Waals surface area contributed by atoms with Gasteiger partial charge in [-0.15, -0.1) is 0 Å². The molecule has 0 saturated carbocycles. The van der Waals surface area contributed by atoms with Crippen molar-refractivity contribution in [2.75, 3.05) is 18.5 Å². The second-order valence-electron chi connectivity index (χ2n) is 5.00. The Labute approximate surface area is 113 Å². The van der Waals surface area contributed by atoms with Gasteiger partial charge in [0.05, 0.1) is 18.2 Å². The summed E-state index contributed by atoms with van der Waals surface area (Å²) in [6.45, 7) is 1.12. The molecule has 1 aromatic rings.